The van der Waals surface area contributed by atoms with E-state index in [-0.39, 0.29) is 6.54 Å². The van der Waals surface area contributed by atoms with Gasteiger partial charge in [-0.05, 0) is 61.4 Å². The van der Waals surface area contributed by atoms with E-state index in [9.17, 15) is 8.42 Å². The molecule has 6 nitrogen and oxygen atoms in total. The van der Waals surface area contributed by atoms with E-state index in [2.05, 4.69) is 51.1 Å². The second kappa shape index (κ2) is 8.47. The molecular weight excluding hydrogens is 384 g/mol. The molecule has 0 atom stereocenters. The monoisotopic (exact) mass is 410 g/mol. The normalized spacial score (nSPS) is 14.0. The first-order valence-electron chi connectivity index (χ1n) is 10.1. The van der Waals surface area contributed by atoms with E-state index in [1.807, 2.05) is 12.1 Å². The summed E-state index contributed by atoms with van der Waals surface area (Å²) in [7, 11) is -3.53. The largest absolute Gasteiger partial charge is 0.263 e. The van der Waals surface area contributed by atoms with Gasteiger partial charge in [-0.15, -0.1) is 0 Å². The van der Waals surface area contributed by atoms with Crippen LogP contribution in [-0.2, 0) is 35.7 Å². The Morgan fingerprint density at radius 1 is 1.03 bits per heavy atom. The van der Waals surface area contributed by atoms with E-state index in [0.29, 0.717) is 23.6 Å². The molecule has 0 bridgehead atoms. The van der Waals surface area contributed by atoms with Crippen molar-refractivity contribution < 1.29 is 8.42 Å². The topological polar surface area (TPSA) is 87.7 Å². The molecule has 1 aliphatic carbocycles. The van der Waals surface area contributed by atoms with Crippen molar-refractivity contribution in [3.05, 3.63) is 76.4 Å². The fourth-order valence-corrected chi connectivity index (χ4v) is 4.76. The zero-order valence-electron chi connectivity index (χ0n) is 16.6. The minimum Gasteiger partial charge on any atom is -0.263 e. The number of benzene rings is 2. The summed E-state index contributed by atoms with van der Waals surface area (Å²) in [6, 6.07) is 13.8. The smallest absolute Gasteiger partial charge is 0.240 e. The van der Waals surface area contributed by atoms with Gasteiger partial charge in [0.2, 0.25) is 10.0 Å². The minimum absolute atomic E-state index is 0.265. The maximum Gasteiger partial charge on any atom is 0.240 e. The lowest BCUT2D eigenvalue weighted by molar-refractivity contribution is 0.580. The van der Waals surface area contributed by atoms with Crippen molar-refractivity contribution in [1.82, 2.24) is 19.9 Å². The van der Waals surface area contributed by atoms with Gasteiger partial charge in [0, 0.05) is 19.4 Å². The molecule has 29 heavy (non-hydrogen) atoms. The maximum absolute atomic E-state index is 12.6. The number of H-pyrrole nitrogens is 1. The molecule has 0 amide bonds. The Kier molecular flexibility index (Phi) is 5.78. The summed E-state index contributed by atoms with van der Waals surface area (Å²) in [4.78, 5) is 4.82. The fraction of sp³-hybridized carbons (Fsp3) is 0.364. The molecule has 0 radical (unpaired) electrons. The van der Waals surface area contributed by atoms with E-state index in [1.165, 1.54) is 17.5 Å². The van der Waals surface area contributed by atoms with Crippen molar-refractivity contribution in [2.24, 2.45) is 0 Å². The molecule has 0 saturated heterocycles. The van der Waals surface area contributed by atoms with Gasteiger partial charge in [0.1, 0.15) is 5.82 Å². The molecule has 1 aromatic heterocycles. The van der Waals surface area contributed by atoms with Crippen LogP contribution in [-0.4, -0.2) is 30.1 Å². The molecule has 152 valence electrons. The zero-order chi connectivity index (χ0) is 20.3. The average molecular weight is 411 g/mol. The third-order valence-corrected chi connectivity index (χ3v) is 6.80. The second-order valence-corrected chi connectivity index (χ2v) is 9.41. The zero-order valence-corrected chi connectivity index (χ0v) is 17.4. The van der Waals surface area contributed by atoms with Gasteiger partial charge in [0.05, 0.1) is 4.90 Å². The van der Waals surface area contributed by atoms with Crippen LogP contribution in [0.5, 0.6) is 0 Å². The van der Waals surface area contributed by atoms with Crippen molar-refractivity contribution in [1.29, 1.82) is 0 Å². The van der Waals surface area contributed by atoms with Gasteiger partial charge in [0.15, 0.2) is 5.82 Å². The van der Waals surface area contributed by atoms with E-state index in [4.69, 9.17) is 0 Å². The average Bonchev–Trinajstić information content (AvgIpc) is 3.16. The lowest BCUT2D eigenvalue weighted by atomic mass is 9.92. The van der Waals surface area contributed by atoms with Crippen molar-refractivity contribution >= 4 is 10.0 Å². The number of hydrogen-bond donors (Lipinski definition) is 2. The van der Waals surface area contributed by atoms with Gasteiger partial charge in [-0.2, -0.15) is 5.10 Å². The number of nitrogens with one attached hydrogen (secondary N) is 2. The SMILES string of the molecule is Cc1ccc(Cc2nc(CCNS(=O)(=O)c3ccc4c(c3)CCCC4)n[nH]2)cc1. The Labute approximate surface area is 171 Å². The van der Waals surface area contributed by atoms with Gasteiger partial charge in [-0.25, -0.2) is 18.1 Å². The highest BCUT2D eigenvalue weighted by Crippen LogP contribution is 2.24. The maximum atomic E-state index is 12.6. The summed E-state index contributed by atoms with van der Waals surface area (Å²) in [5.41, 5.74) is 4.82. The number of aromatic nitrogens is 3. The summed E-state index contributed by atoms with van der Waals surface area (Å²) >= 11 is 0. The Bertz CT molecular complexity index is 1090. The highest BCUT2D eigenvalue weighted by molar-refractivity contribution is 7.89. The lowest BCUT2D eigenvalue weighted by Gasteiger charge is -2.16. The summed E-state index contributed by atoms with van der Waals surface area (Å²) in [5, 5.41) is 7.15. The predicted molar refractivity (Wildman–Crippen MR) is 112 cm³/mol. The van der Waals surface area contributed by atoms with E-state index in [0.717, 1.165) is 36.2 Å². The van der Waals surface area contributed by atoms with Gasteiger partial charge in [-0.3, -0.25) is 5.10 Å². The first-order chi connectivity index (χ1) is 14.0. The van der Waals surface area contributed by atoms with Crippen LogP contribution in [0.4, 0.5) is 0 Å². The Hall–Kier alpha value is -2.51. The van der Waals surface area contributed by atoms with Crippen LogP contribution in [0.25, 0.3) is 0 Å². The van der Waals surface area contributed by atoms with Crippen LogP contribution in [0.2, 0.25) is 0 Å². The predicted octanol–water partition coefficient (Wildman–Crippen LogP) is 3.10. The highest BCUT2D eigenvalue weighted by atomic mass is 32.2. The number of hydrogen-bond acceptors (Lipinski definition) is 4. The molecule has 0 spiro atoms. The molecular formula is C22H26N4O2S. The van der Waals surface area contributed by atoms with Gasteiger partial charge in [-0.1, -0.05) is 35.9 Å². The van der Waals surface area contributed by atoms with Crippen LogP contribution in [0.15, 0.2) is 47.4 Å². The molecule has 4 rings (SSSR count). The standard InChI is InChI=1S/C22H26N4O2S/c1-16-6-8-17(9-7-16)14-22-24-21(25-26-22)12-13-23-29(27,28)20-11-10-18-4-2-3-5-19(18)15-20/h6-11,15,23H,2-5,12-14H2,1H3,(H,24,25,26). The molecule has 0 saturated carbocycles. The second-order valence-electron chi connectivity index (χ2n) is 7.65. The Morgan fingerprint density at radius 3 is 2.59 bits per heavy atom. The van der Waals surface area contributed by atoms with Crippen molar-refractivity contribution in [2.45, 2.75) is 50.3 Å². The summed E-state index contributed by atoms with van der Waals surface area (Å²) in [6.45, 7) is 2.32. The molecule has 0 fully saturated rings. The van der Waals surface area contributed by atoms with Gasteiger partial charge < -0.3 is 0 Å². The number of nitrogens with zero attached hydrogens (tertiary/aromatic N) is 2. The molecule has 2 N–H and O–H groups in total. The molecule has 7 heteroatoms. The number of rotatable bonds is 7. The van der Waals surface area contributed by atoms with Crippen LogP contribution in [0.1, 0.15) is 46.7 Å². The van der Waals surface area contributed by atoms with E-state index in [1.54, 1.807) is 6.07 Å². The van der Waals surface area contributed by atoms with Crippen molar-refractivity contribution in [3.8, 4) is 0 Å². The lowest BCUT2D eigenvalue weighted by Crippen LogP contribution is -2.26. The molecule has 0 aliphatic heterocycles. The Balaban J connectivity index is 1.34. The third-order valence-electron chi connectivity index (χ3n) is 5.34. The first-order valence-corrected chi connectivity index (χ1v) is 11.5. The van der Waals surface area contributed by atoms with Crippen LogP contribution in [0, 0.1) is 6.92 Å². The van der Waals surface area contributed by atoms with Gasteiger partial charge >= 0.3 is 0 Å². The molecule has 1 aliphatic rings. The van der Waals surface area contributed by atoms with Crippen LogP contribution in [0.3, 0.4) is 0 Å². The van der Waals surface area contributed by atoms with E-state index < -0.39 is 10.0 Å². The van der Waals surface area contributed by atoms with Crippen molar-refractivity contribution in [2.75, 3.05) is 6.54 Å². The molecule has 3 aromatic rings. The van der Waals surface area contributed by atoms with E-state index >= 15 is 0 Å². The minimum atomic E-state index is -3.53. The highest BCUT2D eigenvalue weighted by Gasteiger charge is 2.17. The summed E-state index contributed by atoms with van der Waals surface area (Å²) in [5.74, 6) is 1.39. The number of aryl methyl sites for hydroxylation is 3. The number of sulfonamides is 1. The summed E-state index contributed by atoms with van der Waals surface area (Å²) < 4.78 is 27.9. The quantitative estimate of drug-likeness (QED) is 0.626. The Morgan fingerprint density at radius 2 is 1.79 bits per heavy atom. The molecule has 1 heterocycles. The number of fused-ring (bicyclic) bond motifs is 1. The van der Waals surface area contributed by atoms with Crippen LogP contribution < -0.4 is 4.72 Å². The van der Waals surface area contributed by atoms with Crippen LogP contribution >= 0.6 is 0 Å². The van der Waals surface area contributed by atoms with Gasteiger partial charge in [0.25, 0.3) is 0 Å². The third kappa shape index (κ3) is 4.92. The molecule has 0 unspecified atom stereocenters. The first kappa shape index (κ1) is 19.8. The van der Waals surface area contributed by atoms with Crippen molar-refractivity contribution in [3.63, 3.8) is 0 Å². The number of aromatic amines is 1. The summed E-state index contributed by atoms with van der Waals surface area (Å²) in [6.07, 6.45) is 5.42. The molecule has 2 aromatic carbocycles. The fourth-order valence-electron chi connectivity index (χ4n) is 3.68.